The Hall–Kier alpha value is -2.09. The highest BCUT2D eigenvalue weighted by molar-refractivity contribution is 7.11. The van der Waals surface area contributed by atoms with Gasteiger partial charge in [0.05, 0.1) is 5.56 Å². The lowest BCUT2D eigenvalue weighted by Crippen LogP contribution is -2.13. The number of nitrogens with zero attached hydrogens (tertiary/aromatic N) is 1. The second kappa shape index (κ2) is 5.36. The molecule has 4 nitrogen and oxygen atoms in total. The molecule has 0 saturated heterocycles. The lowest BCUT2D eigenvalue weighted by atomic mass is 10.2. The van der Waals surface area contributed by atoms with Crippen LogP contribution in [-0.4, -0.2) is 10.5 Å². The molecular formula is C13H11F3N2O2S. The minimum atomic E-state index is -4.48. The van der Waals surface area contributed by atoms with Gasteiger partial charge < -0.3 is 9.88 Å². The zero-order valence-corrected chi connectivity index (χ0v) is 11.9. The number of halogens is 3. The predicted octanol–water partition coefficient (Wildman–Crippen LogP) is 3.03. The van der Waals surface area contributed by atoms with Gasteiger partial charge in [-0.3, -0.25) is 9.59 Å². The third kappa shape index (κ3) is 3.15. The van der Waals surface area contributed by atoms with Crippen LogP contribution < -0.4 is 10.2 Å². The highest BCUT2D eigenvalue weighted by Gasteiger charge is 2.30. The highest BCUT2D eigenvalue weighted by Crippen LogP contribution is 2.30. The van der Waals surface area contributed by atoms with Crippen LogP contribution in [0.1, 0.15) is 20.9 Å². The average molecular weight is 316 g/mol. The zero-order chi connectivity index (χ0) is 15.8. The van der Waals surface area contributed by atoms with E-state index >= 15 is 0 Å². The summed E-state index contributed by atoms with van der Waals surface area (Å²) in [6.07, 6.45) is -4.48. The molecule has 0 radical (unpaired) electrons. The monoisotopic (exact) mass is 316 g/mol. The Morgan fingerprint density at radius 1 is 1.33 bits per heavy atom. The molecule has 21 heavy (non-hydrogen) atoms. The van der Waals surface area contributed by atoms with E-state index in [1.54, 1.807) is 6.92 Å². The molecule has 1 N–H and O–H groups in total. The Bertz CT molecular complexity index is 747. The van der Waals surface area contributed by atoms with E-state index in [2.05, 4.69) is 5.32 Å². The van der Waals surface area contributed by atoms with Crippen LogP contribution in [0.25, 0.3) is 0 Å². The molecule has 1 heterocycles. The molecular weight excluding hydrogens is 305 g/mol. The van der Waals surface area contributed by atoms with Crippen LogP contribution >= 0.6 is 11.3 Å². The van der Waals surface area contributed by atoms with E-state index in [-0.39, 0.29) is 15.4 Å². The SMILES string of the molecule is Cc1c(C(=O)Nc2cccc(C(F)(F)F)c2)sc(=O)n1C. The number of hydrogen-bond donors (Lipinski definition) is 1. The second-order valence-electron chi connectivity index (χ2n) is 4.37. The van der Waals surface area contributed by atoms with Gasteiger partial charge in [0.15, 0.2) is 0 Å². The summed E-state index contributed by atoms with van der Waals surface area (Å²) < 4.78 is 39.1. The lowest BCUT2D eigenvalue weighted by Gasteiger charge is -2.09. The summed E-state index contributed by atoms with van der Waals surface area (Å²) in [5.41, 5.74) is -0.356. The summed E-state index contributed by atoms with van der Waals surface area (Å²) in [7, 11) is 1.52. The molecule has 0 aliphatic rings. The maximum Gasteiger partial charge on any atom is 0.416 e. The first-order chi connectivity index (χ1) is 9.70. The molecule has 0 aliphatic heterocycles. The molecule has 0 aliphatic carbocycles. The van der Waals surface area contributed by atoms with Crippen molar-refractivity contribution in [2.45, 2.75) is 13.1 Å². The Morgan fingerprint density at radius 2 is 2.00 bits per heavy atom. The summed E-state index contributed by atoms with van der Waals surface area (Å²) in [6, 6.07) is 4.33. The van der Waals surface area contributed by atoms with Crippen molar-refractivity contribution in [2.75, 3.05) is 5.32 Å². The van der Waals surface area contributed by atoms with Crippen molar-refractivity contribution in [3.8, 4) is 0 Å². The maximum atomic E-state index is 12.6. The van der Waals surface area contributed by atoms with Crippen LogP contribution in [0.15, 0.2) is 29.1 Å². The fourth-order valence-electron chi connectivity index (χ4n) is 1.69. The van der Waals surface area contributed by atoms with Gasteiger partial charge in [0, 0.05) is 18.4 Å². The van der Waals surface area contributed by atoms with Gasteiger partial charge in [0.2, 0.25) is 0 Å². The number of aromatic nitrogens is 1. The van der Waals surface area contributed by atoms with Crippen LogP contribution in [0.3, 0.4) is 0 Å². The molecule has 0 bridgehead atoms. The first-order valence-corrected chi connectivity index (χ1v) is 6.67. The largest absolute Gasteiger partial charge is 0.416 e. The first-order valence-electron chi connectivity index (χ1n) is 5.85. The number of amides is 1. The number of hydrogen-bond acceptors (Lipinski definition) is 3. The highest BCUT2D eigenvalue weighted by atomic mass is 32.1. The second-order valence-corrected chi connectivity index (χ2v) is 5.34. The van der Waals surface area contributed by atoms with E-state index in [9.17, 15) is 22.8 Å². The van der Waals surface area contributed by atoms with E-state index < -0.39 is 17.6 Å². The van der Waals surface area contributed by atoms with Crippen molar-refractivity contribution in [3.63, 3.8) is 0 Å². The summed E-state index contributed by atoms with van der Waals surface area (Å²) in [5, 5.41) is 2.37. The first kappa shape index (κ1) is 15.3. The molecule has 2 aromatic rings. The smallest absolute Gasteiger partial charge is 0.321 e. The normalized spacial score (nSPS) is 11.5. The number of thiazole rings is 1. The summed E-state index contributed by atoms with van der Waals surface area (Å²) >= 11 is 0.751. The van der Waals surface area contributed by atoms with Gasteiger partial charge in [-0.2, -0.15) is 13.2 Å². The van der Waals surface area contributed by atoms with Gasteiger partial charge in [-0.1, -0.05) is 17.4 Å². The number of carbonyl (C=O) groups excluding carboxylic acids is 1. The van der Waals surface area contributed by atoms with Gasteiger partial charge in [0.1, 0.15) is 4.88 Å². The van der Waals surface area contributed by atoms with E-state index in [1.807, 2.05) is 0 Å². The Balaban J connectivity index is 2.28. The molecule has 1 aromatic carbocycles. The Kier molecular flexibility index (Phi) is 3.91. The van der Waals surface area contributed by atoms with Gasteiger partial charge >= 0.3 is 11.0 Å². The molecule has 0 spiro atoms. The number of anilines is 1. The third-order valence-electron chi connectivity index (χ3n) is 2.95. The van der Waals surface area contributed by atoms with Crippen LogP contribution in [0.4, 0.5) is 18.9 Å². The summed E-state index contributed by atoms with van der Waals surface area (Å²) in [4.78, 5) is 23.4. The molecule has 0 unspecified atom stereocenters. The van der Waals surface area contributed by atoms with E-state index in [1.165, 1.54) is 23.7 Å². The number of benzene rings is 1. The van der Waals surface area contributed by atoms with Crippen molar-refractivity contribution in [2.24, 2.45) is 7.05 Å². The van der Waals surface area contributed by atoms with Gasteiger partial charge in [-0.25, -0.2) is 0 Å². The quantitative estimate of drug-likeness (QED) is 0.926. The number of alkyl halides is 3. The number of carbonyl (C=O) groups is 1. The van der Waals surface area contributed by atoms with Crippen molar-refractivity contribution in [1.29, 1.82) is 0 Å². The van der Waals surface area contributed by atoms with Crippen LogP contribution in [-0.2, 0) is 13.2 Å². The average Bonchev–Trinajstić information content (AvgIpc) is 2.66. The van der Waals surface area contributed by atoms with Crippen molar-refractivity contribution in [1.82, 2.24) is 4.57 Å². The fourth-order valence-corrected chi connectivity index (χ4v) is 2.57. The molecule has 112 valence electrons. The van der Waals surface area contributed by atoms with Crippen LogP contribution in [0.2, 0.25) is 0 Å². The number of nitrogens with one attached hydrogen (secondary N) is 1. The Morgan fingerprint density at radius 3 is 2.52 bits per heavy atom. The van der Waals surface area contributed by atoms with E-state index in [0.29, 0.717) is 5.69 Å². The minimum absolute atomic E-state index is 0.0257. The maximum absolute atomic E-state index is 12.6. The predicted molar refractivity (Wildman–Crippen MR) is 73.7 cm³/mol. The van der Waals surface area contributed by atoms with Gasteiger partial charge in [-0.15, -0.1) is 0 Å². The molecule has 1 aromatic heterocycles. The van der Waals surface area contributed by atoms with Crippen molar-refractivity contribution >= 4 is 22.9 Å². The van der Waals surface area contributed by atoms with Crippen LogP contribution in [0, 0.1) is 6.92 Å². The van der Waals surface area contributed by atoms with Gasteiger partial charge in [-0.05, 0) is 25.1 Å². The van der Waals surface area contributed by atoms with Gasteiger partial charge in [0.25, 0.3) is 5.91 Å². The van der Waals surface area contributed by atoms with Crippen molar-refractivity contribution in [3.05, 3.63) is 50.1 Å². The summed E-state index contributed by atoms with van der Waals surface area (Å²) in [6.45, 7) is 1.60. The standard InChI is InChI=1S/C13H11F3N2O2S/c1-7-10(21-12(20)18(7)2)11(19)17-9-5-3-4-8(6-9)13(14,15)16/h3-6H,1-2H3,(H,17,19). The molecule has 0 atom stereocenters. The fraction of sp³-hybridized carbons (Fsp3) is 0.231. The summed E-state index contributed by atoms with van der Waals surface area (Å²) in [5.74, 6) is -0.602. The molecule has 2 rings (SSSR count). The Labute approximate surface area is 121 Å². The molecule has 0 fully saturated rings. The van der Waals surface area contributed by atoms with Crippen molar-refractivity contribution < 1.29 is 18.0 Å². The zero-order valence-electron chi connectivity index (χ0n) is 11.1. The molecule has 0 saturated carbocycles. The van der Waals surface area contributed by atoms with E-state index in [0.717, 1.165) is 23.5 Å². The van der Waals surface area contributed by atoms with E-state index in [4.69, 9.17) is 0 Å². The number of rotatable bonds is 2. The third-order valence-corrected chi connectivity index (χ3v) is 4.08. The topological polar surface area (TPSA) is 51.1 Å². The molecule has 8 heteroatoms. The molecule has 1 amide bonds. The van der Waals surface area contributed by atoms with Crippen LogP contribution in [0.5, 0.6) is 0 Å². The minimum Gasteiger partial charge on any atom is -0.321 e. The lowest BCUT2D eigenvalue weighted by molar-refractivity contribution is -0.137.